The summed E-state index contributed by atoms with van der Waals surface area (Å²) >= 11 is 0. The van der Waals surface area contributed by atoms with Crippen LogP contribution in [0, 0.1) is 11.8 Å². The molecular formula is C23H27N3O6. The number of carbonyl (C=O) groups is 3. The highest BCUT2D eigenvalue weighted by Crippen LogP contribution is 2.53. The number of hydrogen-bond acceptors (Lipinski definition) is 6. The Kier molecular flexibility index (Phi) is 5.08. The van der Waals surface area contributed by atoms with Gasteiger partial charge in [-0.2, -0.15) is 0 Å². The number of rotatable bonds is 4. The third kappa shape index (κ3) is 3.14. The van der Waals surface area contributed by atoms with Gasteiger partial charge in [0, 0.05) is 37.9 Å². The van der Waals surface area contributed by atoms with E-state index in [9.17, 15) is 14.4 Å². The van der Waals surface area contributed by atoms with Crippen molar-refractivity contribution in [1.82, 2.24) is 9.80 Å². The van der Waals surface area contributed by atoms with E-state index in [0.29, 0.717) is 45.1 Å². The van der Waals surface area contributed by atoms with Crippen molar-refractivity contribution in [1.29, 1.82) is 0 Å². The molecule has 2 bridgehead atoms. The highest BCUT2D eigenvalue weighted by atomic mass is 16.6. The highest BCUT2D eigenvalue weighted by Gasteiger charge is 2.67. The van der Waals surface area contributed by atoms with Crippen molar-refractivity contribution in [2.75, 3.05) is 51.3 Å². The molecular weight excluding hydrogens is 414 g/mol. The third-order valence-electron chi connectivity index (χ3n) is 6.87. The first-order valence-corrected chi connectivity index (χ1v) is 11.0. The number of carbonyl (C=O) groups excluding carboxylic acids is 3. The van der Waals surface area contributed by atoms with Gasteiger partial charge < -0.3 is 28.9 Å². The molecule has 3 amide bonds. The summed E-state index contributed by atoms with van der Waals surface area (Å²) in [6.07, 6.45) is 3.11. The minimum absolute atomic E-state index is 0.0874. The van der Waals surface area contributed by atoms with Crippen LogP contribution >= 0.6 is 0 Å². The van der Waals surface area contributed by atoms with Crippen LogP contribution < -0.4 is 9.64 Å². The van der Waals surface area contributed by atoms with E-state index in [0.717, 1.165) is 5.69 Å². The maximum atomic E-state index is 13.5. The Hall–Kier alpha value is -3.07. The molecule has 0 aromatic heterocycles. The second kappa shape index (κ2) is 7.81. The topological polar surface area (TPSA) is 88.6 Å². The number of methoxy groups -OCH3 is 1. The largest absolute Gasteiger partial charge is 0.497 e. The molecule has 5 rings (SSSR count). The Morgan fingerprint density at radius 1 is 1.19 bits per heavy atom. The predicted octanol–water partition coefficient (Wildman–Crippen LogP) is 1.28. The lowest BCUT2D eigenvalue weighted by Gasteiger charge is -2.36. The van der Waals surface area contributed by atoms with Crippen molar-refractivity contribution in [3.8, 4) is 5.75 Å². The normalized spacial score (nSPS) is 30.6. The zero-order chi connectivity index (χ0) is 22.5. The molecule has 0 radical (unpaired) electrons. The summed E-state index contributed by atoms with van der Waals surface area (Å²) in [5.41, 5.74) is -0.0504. The fourth-order valence-electron chi connectivity index (χ4n) is 5.31. The minimum Gasteiger partial charge on any atom is -0.497 e. The van der Waals surface area contributed by atoms with Gasteiger partial charge in [0.2, 0.25) is 11.8 Å². The molecule has 1 aromatic carbocycles. The summed E-state index contributed by atoms with van der Waals surface area (Å²) in [4.78, 5) is 44.0. The Morgan fingerprint density at radius 2 is 1.94 bits per heavy atom. The molecule has 3 fully saturated rings. The Bertz CT molecular complexity index is 972. The lowest BCUT2D eigenvalue weighted by atomic mass is 9.76. The van der Waals surface area contributed by atoms with Crippen molar-refractivity contribution in [2.24, 2.45) is 11.8 Å². The number of fused-ring (bicyclic) bond motifs is 1. The zero-order valence-electron chi connectivity index (χ0n) is 18.2. The van der Waals surface area contributed by atoms with E-state index >= 15 is 0 Å². The van der Waals surface area contributed by atoms with Gasteiger partial charge in [-0.1, -0.05) is 18.2 Å². The maximum absolute atomic E-state index is 13.5. The van der Waals surface area contributed by atoms with Gasteiger partial charge in [-0.25, -0.2) is 4.79 Å². The van der Waals surface area contributed by atoms with Crippen LogP contribution in [0.2, 0.25) is 0 Å². The van der Waals surface area contributed by atoms with Crippen molar-refractivity contribution < 1.29 is 28.6 Å². The molecule has 4 heterocycles. The van der Waals surface area contributed by atoms with Crippen LogP contribution in [0.25, 0.3) is 0 Å². The lowest BCUT2D eigenvalue weighted by Crippen LogP contribution is -2.54. The summed E-state index contributed by atoms with van der Waals surface area (Å²) in [5.74, 6) is -0.640. The van der Waals surface area contributed by atoms with Gasteiger partial charge in [0.25, 0.3) is 0 Å². The summed E-state index contributed by atoms with van der Waals surface area (Å²) in [7, 11) is 1.59. The molecule has 1 aromatic rings. The molecule has 1 spiro atoms. The molecule has 4 atom stereocenters. The van der Waals surface area contributed by atoms with Crippen LogP contribution in [-0.4, -0.2) is 85.9 Å². The molecule has 32 heavy (non-hydrogen) atoms. The molecule has 3 saturated heterocycles. The van der Waals surface area contributed by atoms with E-state index in [-0.39, 0.29) is 17.9 Å². The second-order valence-corrected chi connectivity index (χ2v) is 8.54. The fraction of sp³-hybridized carbons (Fsp3) is 0.522. The second-order valence-electron chi connectivity index (χ2n) is 8.54. The number of amides is 3. The van der Waals surface area contributed by atoms with E-state index in [1.165, 1.54) is 0 Å². The van der Waals surface area contributed by atoms with Gasteiger partial charge in [-0.05, 0) is 19.1 Å². The quantitative estimate of drug-likeness (QED) is 0.654. The molecule has 0 aliphatic carbocycles. The molecule has 9 heteroatoms. The number of hydrogen-bond donors (Lipinski definition) is 0. The zero-order valence-corrected chi connectivity index (χ0v) is 18.2. The molecule has 9 nitrogen and oxygen atoms in total. The number of nitrogens with zero attached hydrogens (tertiary/aromatic N) is 3. The molecule has 0 N–H and O–H groups in total. The van der Waals surface area contributed by atoms with Crippen LogP contribution in [0.1, 0.15) is 6.92 Å². The highest BCUT2D eigenvalue weighted by molar-refractivity contribution is 6.03. The van der Waals surface area contributed by atoms with Gasteiger partial charge in [-0.15, -0.1) is 0 Å². The van der Waals surface area contributed by atoms with Crippen molar-refractivity contribution in [3.63, 3.8) is 0 Å². The molecule has 0 unspecified atom stereocenters. The minimum atomic E-state index is -0.780. The summed E-state index contributed by atoms with van der Waals surface area (Å²) in [5, 5.41) is 0. The smallest absolute Gasteiger partial charge is 0.409 e. The van der Waals surface area contributed by atoms with Crippen molar-refractivity contribution in [3.05, 3.63) is 36.4 Å². The number of ether oxygens (including phenoxy) is 3. The Morgan fingerprint density at radius 3 is 2.66 bits per heavy atom. The molecule has 4 aliphatic heterocycles. The van der Waals surface area contributed by atoms with Gasteiger partial charge in [0.05, 0.1) is 38.2 Å². The van der Waals surface area contributed by atoms with E-state index in [2.05, 4.69) is 0 Å². The van der Waals surface area contributed by atoms with E-state index < -0.39 is 23.5 Å². The van der Waals surface area contributed by atoms with Gasteiger partial charge in [-0.3, -0.25) is 9.59 Å². The fourth-order valence-corrected chi connectivity index (χ4v) is 5.31. The van der Waals surface area contributed by atoms with E-state index in [4.69, 9.17) is 14.2 Å². The van der Waals surface area contributed by atoms with Crippen molar-refractivity contribution >= 4 is 23.6 Å². The van der Waals surface area contributed by atoms with Crippen LogP contribution in [-0.2, 0) is 19.1 Å². The standard InChI is InChI=1S/C23H27N3O6/c1-3-31-22(29)25-11-9-24(10-12-25)20(27)18-17-7-8-23(32-17)14-26(21(28)19(18)23)15-5-4-6-16(13-15)30-2/h4-8,13,17-19H,3,9-12,14H2,1-2H3/t17-,18-,19-,23+/m0/s1. The number of benzene rings is 1. The lowest BCUT2D eigenvalue weighted by molar-refractivity contribution is -0.141. The maximum Gasteiger partial charge on any atom is 0.409 e. The van der Waals surface area contributed by atoms with Crippen molar-refractivity contribution in [2.45, 2.75) is 18.6 Å². The first kappa shape index (κ1) is 20.8. The number of anilines is 1. The number of piperazine rings is 1. The Balaban J connectivity index is 1.33. The van der Waals surface area contributed by atoms with E-state index in [1.807, 2.05) is 36.4 Å². The molecule has 170 valence electrons. The summed E-state index contributed by atoms with van der Waals surface area (Å²) in [6.45, 7) is 4.12. The van der Waals surface area contributed by atoms with Crippen LogP contribution in [0.4, 0.5) is 10.5 Å². The molecule has 0 saturated carbocycles. The SMILES string of the molecule is CCOC(=O)N1CCN(C(=O)[C@H]2[C@@H]3C=C[C@]4(CN(c5cccc(OC)c5)C(=O)[C@H]24)O3)CC1. The van der Waals surface area contributed by atoms with E-state index in [1.54, 1.807) is 28.7 Å². The average Bonchev–Trinajstić information content (AvgIpc) is 3.47. The van der Waals surface area contributed by atoms with Crippen LogP contribution in [0.3, 0.4) is 0 Å². The van der Waals surface area contributed by atoms with Crippen LogP contribution in [0.15, 0.2) is 36.4 Å². The van der Waals surface area contributed by atoms with Crippen LogP contribution in [0.5, 0.6) is 5.75 Å². The van der Waals surface area contributed by atoms with Gasteiger partial charge in [0.1, 0.15) is 11.4 Å². The summed E-state index contributed by atoms with van der Waals surface area (Å²) in [6, 6.07) is 7.34. The first-order valence-electron chi connectivity index (χ1n) is 11.0. The molecule has 4 aliphatic rings. The summed E-state index contributed by atoms with van der Waals surface area (Å²) < 4.78 is 16.6. The van der Waals surface area contributed by atoms with Gasteiger partial charge >= 0.3 is 6.09 Å². The predicted molar refractivity (Wildman–Crippen MR) is 114 cm³/mol. The first-order chi connectivity index (χ1) is 15.5. The third-order valence-corrected chi connectivity index (χ3v) is 6.87. The average molecular weight is 441 g/mol. The monoisotopic (exact) mass is 441 g/mol. The Labute approximate surface area is 186 Å². The van der Waals surface area contributed by atoms with Gasteiger partial charge in [0.15, 0.2) is 0 Å².